The Morgan fingerprint density at radius 1 is 1.20 bits per heavy atom. The molecule has 1 aromatic heterocycles. The standard InChI is InChI=1S/C18H25FN4O2/c1-21-7-6-20-18(21)13-23-10-8-22(9-11-23)12-15(24)14-25-17-5-3-2-4-16(17)19/h2-7,15,24H,8-14H2,1H3/t15-/m1/s1. The van der Waals surface area contributed by atoms with Crippen LogP contribution in [0.15, 0.2) is 36.7 Å². The first-order chi connectivity index (χ1) is 12.1. The summed E-state index contributed by atoms with van der Waals surface area (Å²) in [5, 5.41) is 10.1. The van der Waals surface area contributed by atoms with E-state index in [2.05, 4.69) is 14.8 Å². The van der Waals surface area contributed by atoms with Crippen molar-refractivity contribution in [3.63, 3.8) is 0 Å². The number of hydrogen-bond donors (Lipinski definition) is 1. The molecule has 25 heavy (non-hydrogen) atoms. The zero-order valence-electron chi connectivity index (χ0n) is 14.5. The molecule has 1 saturated heterocycles. The maximum absolute atomic E-state index is 13.5. The maximum atomic E-state index is 13.5. The second-order valence-electron chi connectivity index (χ2n) is 6.43. The summed E-state index contributed by atoms with van der Waals surface area (Å²) in [4.78, 5) is 8.93. The number of aliphatic hydroxyl groups excluding tert-OH is 1. The predicted molar refractivity (Wildman–Crippen MR) is 92.8 cm³/mol. The fourth-order valence-corrected chi connectivity index (χ4v) is 2.98. The molecular weight excluding hydrogens is 323 g/mol. The summed E-state index contributed by atoms with van der Waals surface area (Å²) < 4.78 is 20.9. The van der Waals surface area contributed by atoms with Crippen LogP contribution in [0.5, 0.6) is 5.75 Å². The molecule has 3 rings (SSSR count). The van der Waals surface area contributed by atoms with Crippen LogP contribution in [0.2, 0.25) is 0 Å². The number of β-amino-alcohol motifs (C(OH)–C–C–N with tert-alkyl or cyclic N) is 1. The van der Waals surface area contributed by atoms with Gasteiger partial charge in [-0.3, -0.25) is 9.80 Å². The van der Waals surface area contributed by atoms with E-state index >= 15 is 0 Å². The molecule has 6 nitrogen and oxygen atoms in total. The molecule has 0 amide bonds. The molecule has 7 heteroatoms. The van der Waals surface area contributed by atoms with Crippen LogP contribution < -0.4 is 4.74 Å². The molecule has 1 fully saturated rings. The minimum atomic E-state index is -0.638. The minimum Gasteiger partial charge on any atom is -0.488 e. The number of hydrogen-bond acceptors (Lipinski definition) is 5. The van der Waals surface area contributed by atoms with Crippen molar-refractivity contribution >= 4 is 0 Å². The Morgan fingerprint density at radius 3 is 2.60 bits per heavy atom. The van der Waals surface area contributed by atoms with Gasteiger partial charge in [-0.25, -0.2) is 9.37 Å². The number of aromatic nitrogens is 2. The van der Waals surface area contributed by atoms with E-state index < -0.39 is 11.9 Å². The highest BCUT2D eigenvalue weighted by Crippen LogP contribution is 2.15. The largest absolute Gasteiger partial charge is 0.488 e. The molecule has 0 bridgehead atoms. The van der Waals surface area contributed by atoms with Gasteiger partial charge in [0.25, 0.3) is 0 Å². The number of rotatable bonds is 7. The van der Waals surface area contributed by atoms with E-state index in [4.69, 9.17) is 4.74 Å². The lowest BCUT2D eigenvalue weighted by molar-refractivity contribution is 0.0431. The number of halogens is 1. The number of piperazine rings is 1. The van der Waals surface area contributed by atoms with Gasteiger partial charge in [0, 0.05) is 52.2 Å². The third-order valence-corrected chi connectivity index (χ3v) is 4.49. The zero-order valence-corrected chi connectivity index (χ0v) is 14.5. The lowest BCUT2D eigenvalue weighted by Crippen LogP contribution is -2.49. The average molecular weight is 348 g/mol. The molecule has 1 atom stereocenters. The van der Waals surface area contributed by atoms with Crippen molar-refractivity contribution in [3.8, 4) is 5.75 Å². The van der Waals surface area contributed by atoms with Gasteiger partial charge in [-0.15, -0.1) is 0 Å². The molecule has 2 aromatic rings. The number of aryl methyl sites for hydroxylation is 1. The first-order valence-corrected chi connectivity index (χ1v) is 8.58. The van der Waals surface area contributed by atoms with E-state index in [1.54, 1.807) is 18.2 Å². The zero-order chi connectivity index (χ0) is 17.6. The number of nitrogens with zero attached hydrogens (tertiary/aromatic N) is 4. The van der Waals surface area contributed by atoms with E-state index in [1.807, 2.05) is 24.0 Å². The number of benzene rings is 1. The van der Waals surface area contributed by atoms with Crippen LogP contribution in [0, 0.1) is 5.82 Å². The summed E-state index contributed by atoms with van der Waals surface area (Å²) >= 11 is 0. The van der Waals surface area contributed by atoms with Gasteiger partial charge in [-0.1, -0.05) is 12.1 Å². The van der Waals surface area contributed by atoms with Gasteiger partial charge in [0.2, 0.25) is 0 Å². The smallest absolute Gasteiger partial charge is 0.165 e. The fraction of sp³-hybridized carbons (Fsp3) is 0.500. The van der Waals surface area contributed by atoms with Gasteiger partial charge >= 0.3 is 0 Å². The fourth-order valence-electron chi connectivity index (χ4n) is 2.98. The summed E-state index contributed by atoms with van der Waals surface area (Å²) in [6.07, 6.45) is 3.13. The van der Waals surface area contributed by atoms with Crippen molar-refractivity contribution in [2.75, 3.05) is 39.3 Å². The van der Waals surface area contributed by atoms with Crippen LogP contribution >= 0.6 is 0 Å². The Bertz CT molecular complexity index is 671. The van der Waals surface area contributed by atoms with E-state index in [1.165, 1.54) is 6.07 Å². The van der Waals surface area contributed by atoms with Crippen molar-refractivity contribution in [1.29, 1.82) is 0 Å². The average Bonchev–Trinajstić information content (AvgIpc) is 3.01. The van der Waals surface area contributed by atoms with Crippen LogP contribution in [0.4, 0.5) is 4.39 Å². The second-order valence-corrected chi connectivity index (χ2v) is 6.43. The highest BCUT2D eigenvalue weighted by Gasteiger charge is 2.20. The van der Waals surface area contributed by atoms with E-state index in [-0.39, 0.29) is 12.4 Å². The highest BCUT2D eigenvalue weighted by atomic mass is 19.1. The summed E-state index contributed by atoms with van der Waals surface area (Å²) in [6, 6.07) is 6.25. The summed E-state index contributed by atoms with van der Waals surface area (Å²) in [6.45, 7) is 5.12. The van der Waals surface area contributed by atoms with Crippen LogP contribution in [-0.2, 0) is 13.6 Å². The summed E-state index contributed by atoms with van der Waals surface area (Å²) in [7, 11) is 2.00. The molecule has 1 N–H and O–H groups in total. The Balaban J connectivity index is 1.38. The van der Waals surface area contributed by atoms with Gasteiger partial charge in [0.1, 0.15) is 18.5 Å². The van der Waals surface area contributed by atoms with Gasteiger partial charge in [0.05, 0.1) is 6.54 Å². The molecule has 1 aromatic carbocycles. The molecule has 0 aliphatic carbocycles. The van der Waals surface area contributed by atoms with E-state index in [9.17, 15) is 9.50 Å². The molecule has 0 saturated carbocycles. The lowest BCUT2D eigenvalue weighted by Gasteiger charge is -2.35. The quantitative estimate of drug-likeness (QED) is 0.813. The normalized spacial score (nSPS) is 17.6. The van der Waals surface area contributed by atoms with Crippen LogP contribution in [-0.4, -0.2) is 69.9 Å². The number of aliphatic hydroxyl groups is 1. The Hall–Kier alpha value is -1.96. The van der Waals surface area contributed by atoms with Crippen molar-refractivity contribution in [3.05, 3.63) is 48.3 Å². The van der Waals surface area contributed by atoms with Gasteiger partial charge in [-0.05, 0) is 12.1 Å². The SMILES string of the molecule is Cn1ccnc1CN1CCN(C[C@@H](O)COc2ccccc2F)CC1. The third kappa shape index (κ3) is 5.01. The van der Waals surface area contributed by atoms with Crippen molar-refractivity contribution in [2.45, 2.75) is 12.6 Å². The molecule has 1 aliphatic heterocycles. The molecule has 0 unspecified atom stereocenters. The van der Waals surface area contributed by atoms with Gasteiger partial charge in [0.15, 0.2) is 11.6 Å². The van der Waals surface area contributed by atoms with E-state index in [0.29, 0.717) is 6.54 Å². The van der Waals surface area contributed by atoms with Crippen LogP contribution in [0.3, 0.4) is 0 Å². The monoisotopic (exact) mass is 348 g/mol. The van der Waals surface area contributed by atoms with E-state index in [0.717, 1.165) is 38.5 Å². The Labute approximate surface area is 147 Å². The van der Waals surface area contributed by atoms with Crippen LogP contribution in [0.25, 0.3) is 0 Å². The molecule has 0 spiro atoms. The molecule has 0 radical (unpaired) electrons. The van der Waals surface area contributed by atoms with Crippen LogP contribution in [0.1, 0.15) is 5.82 Å². The predicted octanol–water partition coefficient (Wildman–Crippen LogP) is 1.12. The molecule has 2 heterocycles. The third-order valence-electron chi connectivity index (χ3n) is 4.49. The van der Waals surface area contributed by atoms with Gasteiger partial charge < -0.3 is 14.4 Å². The summed E-state index contributed by atoms with van der Waals surface area (Å²) in [5.74, 6) is 0.839. The minimum absolute atomic E-state index is 0.0917. The second kappa shape index (κ2) is 8.42. The summed E-state index contributed by atoms with van der Waals surface area (Å²) in [5.41, 5.74) is 0. The number of ether oxygens (including phenoxy) is 1. The van der Waals surface area contributed by atoms with Gasteiger partial charge in [-0.2, -0.15) is 0 Å². The topological polar surface area (TPSA) is 53.8 Å². The Kier molecular flexibility index (Phi) is 6.01. The molecular formula is C18H25FN4O2. The molecule has 136 valence electrons. The van der Waals surface area contributed by atoms with Crippen molar-refractivity contribution < 1.29 is 14.2 Å². The highest BCUT2D eigenvalue weighted by molar-refractivity contribution is 5.23. The molecule has 1 aliphatic rings. The Morgan fingerprint density at radius 2 is 1.92 bits per heavy atom. The number of imidazole rings is 1. The maximum Gasteiger partial charge on any atom is 0.165 e. The first-order valence-electron chi connectivity index (χ1n) is 8.58. The first kappa shape index (κ1) is 17.8. The lowest BCUT2D eigenvalue weighted by atomic mass is 10.2. The number of para-hydroxylation sites is 1. The van der Waals surface area contributed by atoms with Crippen molar-refractivity contribution in [1.82, 2.24) is 19.4 Å². The van der Waals surface area contributed by atoms with Crippen molar-refractivity contribution in [2.24, 2.45) is 7.05 Å².